The highest BCUT2D eigenvalue weighted by Gasteiger charge is 2.39. The summed E-state index contributed by atoms with van der Waals surface area (Å²) < 4.78 is 27.7. The molecule has 0 aromatic carbocycles. The second-order valence-electron chi connectivity index (χ2n) is 5.19. The van der Waals surface area contributed by atoms with E-state index in [1.807, 2.05) is 11.9 Å². The van der Waals surface area contributed by atoms with E-state index >= 15 is 0 Å². The van der Waals surface area contributed by atoms with Crippen LogP contribution in [0.4, 0.5) is 4.79 Å². The first-order valence-electron chi connectivity index (χ1n) is 6.21. The zero-order chi connectivity index (χ0) is 14.5. The van der Waals surface area contributed by atoms with Crippen LogP contribution in [0.25, 0.3) is 0 Å². The molecule has 1 heterocycles. The van der Waals surface area contributed by atoms with Crippen LogP contribution in [0.15, 0.2) is 0 Å². The number of rotatable bonds is 6. The van der Waals surface area contributed by atoms with E-state index in [2.05, 4.69) is 5.32 Å². The standard InChI is InChI=1S/C11H22N2O5S/c1-11(3-8-19(16,17)9-11)12-10(15)18-7-5-13(2)4-6-14/h14H,3-9H2,1-2H3,(H,12,15). The fourth-order valence-corrected chi connectivity index (χ4v) is 4.06. The van der Waals surface area contributed by atoms with Crippen molar-refractivity contribution in [1.29, 1.82) is 0 Å². The Bertz CT molecular complexity index is 411. The predicted molar refractivity (Wildman–Crippen MR) is 70.7 cm³/mol. The molecule has 0 radical (unpaired) electrons. The number of alkyl carbamates (subject to hydrolysis) is 1. The van der Waals surface area contributed by atoms with Crippen molar-refractivity contribution in [2.45, 2.75) is 18.9 Å². The Labute approximate surface area is 113 Å². The van der Waals surface area contributed by atoms with Gasteiger partial charge in [0.15, 0.2) is 9.84 Å². The molecule has 1 atom stereocenters. The molecule has 1 unspecified atom stereocenters. The van der Waals surface area contributed by atoms with Gasteiger partial charge in [-0.15, -0.1) is 0 Å². The Morgan fingerprint density at radius 1 is 1.47 bits per heavy atom. The molecule has 1 aliphatic rings. The lowest BCUT2D eigenvalue weighted by Gasteiger charge is -2.23. The molecule has 7 nitrogen and oxygen atoms in total. The van der Waals surface area contributed by atoms with Gasteiger partial charge in [0, 0.05) is 13.1 Å². The fraction of sp³-hybridized carbons (Fsp3) is 0.909. The van der Waals surface area contributed by atoms with E-state index in [0.717, 1.165) is 0 Å². The Kier molecular flexibility index (Phi) is 5.57. The van der Waals surface area contributed by atoms with E-state index < -0.39 is 21.5 Å². The molecule has 19 heavy (non-hydrogen) atoms. The molecule has 1 fully saturated rings. The summed E-state index contributed by atoms with van der Waals surface area (Å²) in [6, 6.07) is 0. The minimum Gasteiger partial charge on any atom is -0.448 e. The van der Waals surface area contributed by atoms with Crippen LogP contribution in [-0.2, 0) is 14.6 Å². The average molecular weight is 294 g/mol. The van der Waals surface area contributed by atoms with Gasteiger partial charge in [-0.1, -0.05) is 0 Å². The third-order valence-electron chi connectivity index (χ3n) is 3.10. The monoisotopic (exact) mass is 294 g/mol. The van der Waals surface area contributed by atoms with Gasteiger partial charge in [-0.25, -0.2) is 13.2 Å². The molecule has 0 saturated carbocycles. The molecule has 0 aliphatic carbocycles. The van der Waals surface area contributed by atoms with Gasteiger partial charge in [0.05, 0.1) is 23.7 Å². The lowest BCUT2D eigenvalue weighted by atomic mass is 10.0. The van der Waals surface area contributed by atoms with Gasteiger partial charge in [-0.3, -0.25) is 0 Å². The van der Waals surface area contributed by atoms with Crippen LogP contribution >= 0.6 is 0 Å². The topological polar surface area (TPSA) is 95.9 Å². The molecule has 1 saturated heterocycles. The van der Waals surface area contributed by atoms with Crippen LogP contribution in [-0.4, -0.2) is 74.9 Å². The van der Waals surface area contributed by atoms with Gasteiger partial charge in [0.25, 0.3) is 0 Å². The second-order valence-corrected chi connectivity index (χ2v) is 7.37. The van der Waals surface area contributed by atoms with E-state index in [-0.39, 0.29) is 24.7 Å². The molecule has 0 spiro atoms. The highest BCUT2D eigenvalue weighted by Crippen LogP contribution is 2.22. The van der Waals surface area contributed by atoms with Crippen molar-refractivity contribution in [3.63, 3.8) is 0 Å². The van der Waals surface area contributed by atoms with Gasteiger partial charge in [0.2, 0.25) is 0 Å². The molecule has 0 bridgehead atoms. The maximum absolute atomic E-state index is 11.6. The molecule has 0 aromatic rings. The number of amides is 1. The Hall–Kier alpha value is -0.860. The molecule has 8 heteroatoms. The first kappa shape index (κ1) is 16.2. The van der Waals surface area contributed by atoms with Crippen molar-refractivity contribution in [2.24, 2.45) is 0 Å². The first-order chi connectivity index (χ1) is 8.76. The maximum Gasteiger partial charge on any atom is 0.407 e. The lowest BCUT2D eigenvalue weighted by Crippen LogP contribution is -2.47. The van der Waals surface area contributed by atoms with Crippen molar-refractivity contribution >= 4 is 15.9 Å². The first-order valence-corrected chi connectivity index (χ1v) is 8.03. The van der Waals surface area contributed by atoms with Crippen LogP contribution in [0.5, 0.6) is 0 Å². The number of nitrogens with zero attached hydrogens (tertiary/aromatic N) is 1. The number of hydrogen-bond donors (Lipinski definition) is 2. The number of aliphatic hydroxyl groups excluding tert-OH is 1. The fourth-order valence-electron chi connectivity index (χ4n) is 1.97. The van der Waals surface area contributed by atoms with E-state index in [4.69, 9.17) is 9.84 Å². The quantitative estimate of drug-likeness (QED) is 0.667. The van der Waals surface area contributed by atoms with Crippen LogP contribution in [0, 0.1) is 0 Å². The number of likely N-dealkylation sites (N-methyl/N-ethyl adjacent to an activating group) is 1. The molecule has 112 valence electrons. The third-order valence-corrected chi connectivity index (χ3v) is 5.00. The van der Waals surface area contributed by atoms with Gasteiger partial charge in [-0.2, -0.15) is 0 Å². The number of aliphatic hydroxyl groups is 1. The van der Waals surface area contributed by atoms with Crippen LogP contribution < -0.4 is 5.32 Å². The van der Waals surface area contributed by atoms with Crippen molar-refractivity contribution in [2.75, 3.05) is 44.9 Å². The average Bonchev–Trinajstić information content (AvgIpc) is 2.52. The highest BCUT2D eigenvalue weighted by molar-refractivity contribution is 7.91. The van der Waals surface area contributed by atoms with E-state index in [1.165, 1.54) is 0 Å². The zero-order valence-electron chi connectivity index (χ0n) is 11.4. The largest absolute Gasteiger partial charge is 0.448 e. The summed E-state index contributed by atoms with van der Waals surface area (Å²) in [5, 5.41) is 11.3. The smallest absolute Gasteiger partial charge is 0.407 e. The molecule has 1 amide bonds. The molecule has 1 aliphatic heterocycles. The normalized spacial score (nSPS) is 25.5. The minimum absolute atomic E-state index is 0.0421. The van der Waals surface area contributed by atoms with E-state index in [1.54, 1.807) is 6.92 Å². The molecule has 2 N–H and O–H groups in total. The second kappa shape index (κ2) is 6.53. The third kappa shape index (κ3) is 5.75. The van der Waals surface area contributed by atoms with Crippen molar-refractivity contribution in [1.82, 2.24) is 10.2 Å². The van der Waals surface area contributed by atoms with Crippen molar-refractivity contribution in [3.8, 4) is 0 Å². The van der Waals surface area contributed by atoms with Gasteiger partial charge >= 0.3 is 6.09 Å². The molecule has 0 aromatic heterocycles. The zero-order valence-corrected chi connectivity index (χ0v) is 12.2. The highest BCUT2D eigenvalue weighted by atomic mass is 32.2. The summed E-state index contributed by atoms with van der Waals surface area (Å²) >= 11 is 0. The van der Waals surface area contributed by atoms with Crippen LogP contribution in [0.1, 0.15) is 13.3 Å². The minimum atomic E-state index is -3.05. The number of nitrogens with one attached hydrogen (secondary N) is 1. The Morgan fingerprint density at radius 2 is 2.16 bits per heavy atom. The van der Waals surface area contributed by atoms with Crippen molar-refractivity contribution < 1.29 is 23.1 Å². The molecular formula is C11H22N2O5S. The van der Waals surface area contributed by atoms with Gasteiger partial charge < -0.3 is 20.1 Å². The van der Waals surface area contributed by atoms with Gasteiger partial charge in [-0.05, 0) is 20.4 Å². The van der Waals surface area contributed by atoms with Crippen LogP contribution in [0.3, 0.4) is 0 Å². The Morgan fingerprint density at radius 3 is 2.68 bits per heavy atom. The summed E-state index contributed by atoms with van der Waals surface area (Å²) in [6.45, 7) is 2.99. The van der Waals surface area contributed by atoms with E-state index in [9.17, 15) is 13.2 Å². The number of carbonyl (C=O) groups is 1. The Balaban J connectivity index is 2.28. The number of carbonyl (C=O) groups excluding carboxylic acids is 1. The van der Waals surface area contributed by atoms with Crippen molar-refractivity contribution in [3.05, 3.63) is 0 Å². The SMILES string of the molecule is CN(CCO)CCOC(=O)NC1(C)CCS(=O)(=O)C1. The van der Waals surface area contributed by atoms with E-state index in [0.29, 0.717) is 19.5 Å². The summed E-state index contributed by atoms with van der Waals surface area (Å²) in [6.07, 6.45) is -0.188. The maximum atomic E-state index is 11.6. The van der Waals surface area contributed by atoms with Crippen LogP contribution in [0.2, 0.25) is 0 Å². The summed E-state index contributed by atoms with van der Waals surface area (Å²) in [4.78, 5) is 13.4. The summed E-state index contributed by atoms with van der Waals surface area (Å²) in [7, 11) is -1.24. The summed E-state index contributed by atoms with van der Waals surface area (Å²) in [5.41, 5.74) is -0.729. The number of ether oxygens (including phenoxy) is 1. The van der Waals surface area contributed by atoms with Gasteiger partial charge in [0.1, 0.15) is 6.61 Å². The number of hydrogen-bond acceptors (Lipinski definition) is 6. The molecular weight excluding hydrogens is 272 g/mol. The number of sulfone groups is 1. The molecule has 1 rings (SSSR count). The summed E-state index contributed by atoms with van der Waals surface area (Å²) in [5.74, 6) is 0.0581. The predicted octanol–water partition coefficient (Wildman–Crippen LogP) is -0.786. The lowest BCUT2D eigenvalue weighted by molar-refractivity contribution is 0.120.